The molecule has 5 nitrogen and oxygen atoms in total. The molecule has 1 heterocycles. The maximum Gasteiger partial charge on any atom is 0.381 e. The molecule has 0 amide bonds. The fourth-order valence-corrected chi connectivity index (χ4v) is 1.36. The molecule has 70 valence electrons. The van der Waals surface area contributed by atoms with Gasteiger partial charge in [-0.2, -0.15) is 5.10 Å². The standard InChI is InChI=1S/C7H7BrN2O3/c1-10-3-4(8)5(9-10)6(11)7(12)13-2/h3H,1-2H3. The Morgan fingerprint density at radius 1 is 1.62 bits per heavy atom. The highest BCUT2D eigenvalue weighted by Gasteiger charge is 2.22. The van der Waals surface area contributed by atoms with Crippen LogP contribution in [0.2, 0.25) is 0 Å². The minimum Gasteiger partial charge on any atom is -0.463 e. The summed E-state index contributed by atoms with van der Waals surface area (Å²) in [5.41, 5.74) is 0.0642. The number of halogens is 1. The molecule has 0 fully saturated rings. The first-order chi connectivity index (χ1) is 6.06. The van der Waals surface area contributed by atoms with Crippen molar-refractivity contribution in [3.8, 4) is 0 Å². The zero-order valence-electron chi connectivity index (χ0n) is 7.07. The molecule has 0 radical (unpaired) electrons. The van der Waals surface area contributed by atoms with Gasteiger partial charge in [-0.15, -0.1) is 0 Å². The average Bonchev–Trinajstić information content (AvgIpc) is 2.42. The van der Waals surface area contributed by atoms with Gasteiger partial charge in [-0.05, 0) is 15.9 Å². The Morgan fingerprint density at radius 3 is 2.62 bits per heavy atom. The van der Waals surface area contributed by atoms with Gasteiger partial charge in [0.05, 0.1) is 11.6 Å². The van der Waals surface area contributed by atoms with Gasteiger partial charge in [0, 0.05) is 13.2 Å². The SMILES string of the molecule is COC(=O)C(=O)c1nn(C)cc1Br. The van der Waals surface area contributed by atoms with Crippen LogP contribution in [0.1, 0.15) is 10.5 Å². The summed E-state index contributed by atoms with van der Waals surface area (Å²) < 4.78 is 6.18. The lowest BCUT2D eigenvalue weighted by Gasteiger charge is -1.94. The minimum absolute atomic E-state index is 0.0642. The largest absolute Gasteiger partial charge is 0.463 e. The molecular weight excluding hydrogens is 240 g/mol. The summed E-state index contributed by atoms with van der Waals surface area (Å²) in [6.07, 6.45) is 1.58. The van der Waals surface area contributed by atoms with Crippen molar-refractivity contribution in [1.29, 1.82) is 0 Å². The molecule has 1 aromatic rings. The summed E-state index contributed by atoms with van der Waals surface area (Å²) in [7, 11) is 2.80. The molecule has 1 aromatic heterocycles. The van der Waals surface area contributed by atoms with E-state index in [-0.39, 0.29) is 5.69 Å². The van der Waals surface area contributed by atoms with E-state index in [1.54, 1.807) is 13.2 Å². The molecule has 0 aliphatic carbocycles. The second-order valence-electron chi connectivity index (χ2n) is 2.32. The van der Waals surface area contributed by atoms with Crippen LogP contribution in [0, 0.1) is 0 Å². The topological polar surface area (TPSA) is 61.2 Å². The Morgan fingerprint density at radius 2 is 2.23 bits per heavy atom. The first-order valence-electron chi connectivity index (χ1n) is 3.38. The summed E-state index contributed by atoms with van der Waals surface area (Å²) >= 11 is 3.10. The van der Waals surface area contributed by atoms with Crippen LogP contribution in [0.5, 0.6) is 0 Å². The number of ether oxygens (including phenoxy) is 1. The molecule has 0 unspecified atom stereocenters. The number of hydrogen-bond acceptors (Lipinski definition) is 4. The molecule has 13 heavy (non-hydrogen) atoms. The number of ketones is 1. The van der Waals surface area contributed by atoms with Crippen molar-refractivity contribution in [2.45, 2.75) is 0 Å². The number of carbonyl (C=O) groups is 2. The minimum atomic E-state index is -0.917. The van der Waals surface area contributed by atoms with E-state index >= 15 is 0 Å². The predicted octanol–water partition coefficient (Wildman–Crippen LogP) is 0.538. The van der Waals surface area contributed by atoms with Crippen molar-refractivity contribution in [2.75, 3.05) is 7.11 Å². The number of aromatic nitrogens is 2. The summed E-state index contributed by atoms with van der Waals surface area (Å²) in [6, 6.07) is 0. The molecular formula is C7H7BrN2O3. The van der Waals surface area contributed by atoms with Crippen molar-refractivity contribution in [1.82, 2.24) is 9.78 Å². The quantitative estimate of drug-likeness (QED) is 0.434. The van der Waals surface area contributed by atoms with Crippen LogP contribution in [-0.2, 0) is 16.6 Å². The maximum atomic E-state index is 11.2. The summed E-state index contributed by atoms with van der Waals surface area (Å²) in [6.45, 7) is 0. The fraction of sp³-hybridized carbons (Fsp3) is 0.286. The van der Waals surface area contributed by atoms with E-state index < -0.39 is 11.8 Å². The van der Waals surface area contributed by atoms with Crippen molar-refractivity contribution in [3.63, 3.8) is 0 Å². The van der Waals surface area contributed by atoms with Crippen LogP contribution in [0.3, 0.4) is 0 Å². The summed E-state index contributed by atoms with van der Waals surface area (Å²) in [5.74, 6) is -1.67. The zero-order valence-corrected chi connectivity index (χ0v) is 8.66. The van der Waals surface area contributed by atoms with Crippen LogP contribution in [0.15, 0.2) is 10.7 Å². The number of nitrogens with zero attached hydrogens (tertiary/aromatic N) is 2. The van der Waals surface area contributed by atoms with Gasteiger partial charge in [-0.1, -0.05) is 0 Å². The number of rotatable bonds is 2. The van der Waals surface area contributed by atoms with Crippen molar-refractivity contribution < 1.29 is 14.3 Å². The number of aryl methyl sites for hydroxylation is 1. The van der Waals surface area contributed by atoms with Gasteiger partial charge in [0.15, 0.2) is 5.69 Å². The van der Waals surface area contributed by atoms with E-state index in [0.717, 1.165) is 7.11 Å². The Hall–Kier alpha value is -1.17. The van der Waals surface area contributed by atoms with E-state index in [2.05, 4.69) is 25.8 Å². The number of Topliss-reactive ketones (excluding diaryl/α,β-unsaturated/α-hetero) is 1. The second kappa shape index (κ2) is 3.69. The summed E-state index contributed by atoms with van der Waals surface area (Å²) in [4.78, 5) is 22.1. The smallest absolute Gasteiger partial charge is 0.381 e. The van der Waals surface area contributed by atoms with Crippen LogP contribution in [0.4, 0.5) is 0 Å². The van der Waals surface area contributed by atoms with Gasteiger partial charge < -0.3 is 4.74 Å². The first kappa shape index (κ1) is 9.91. The van der Waals surface area contributed by atoms with E-state index in [4.69, 9.17) is 0 Å². The van der Waals surface area contributed by atoms with Gasteiger partial charge in [-0.25, -0.2) is 4.79 Å². The first-order valence-corrected chi connectivity index (χ1v) is 4.17. The van der Waals surface area contributed by atoms with Gasteiger partial charge in [0.1, 0.15) is 0 Å². The molecule has 6 heteroatoms. The van der Waals surface area contributed by atoms with Gasteiger partial charge in [0.2, 0.25) is 0 Å². The number of hydrogen-bond donors (Lipinski definition) is 0. The molecule has 0 spiro atoms. The Kier molecular flexibility index (Phi) is 2.82. The lowest BCUT2D eigenvalue weighted by atomic mass is 10.3. The van der Waals surface area contributed by atoms with Gasteiger partial charge in [0.25, 0.3) is 5.78 Å². The molecule has 0 aliphatic heterocycles. The Labute approximate surface area is 82.8 Å². The highest BCUT2D eigenvalue weighted by Crippen LogP contribution is 2.14. The third-order valence-electron chi connectivity index (χ3n) is 1.37. The lowest BCUT2D eigenvalue weighted by molar-refractivity contribution is -0.135. The highest BCUT2D eigenvalue weighted by molar-refractivity contribution is 9.10. The third kappa shape index (κ3) is 1.95. The van der Waals surface area contributed by atoms with E-state index in [0.29, 0.717) is 4.47 Å². The average molecular weight is 247 g/mol. The summed E-state index contributed by atoms with van der Waals surface area (Å²) in [5, 5.41) is 3.80. The monoisotopic (exact) mass is 246 g/mol. The molecule has 0 saturated carbocycles. The lowest BCUT2D eigenvalue weighted by Crippen LogP contribution is -2.16. The van der Waals surface area contributed by atoms with Crippen LogP contribution in [0.25, 0.3) is 0 Å². The van der Waals surface area contributed by atoms with Crippen molar-refractivity contribution in [3.05, 3.63) is 16.4 Å². The fourth-order valence-electron chi connectivity index (χ4n) is 0.803. The molecule has 0 atom stereocenters. The molecule has 0 aromatic carbocycles. The normalized spacial score (nSPS) is 9.77. The molecule has 1 rings (SSSR count). The predicted molar refractivity (Wildman–Crippen MR) is 47.3 cm³/mol. The van der Waals surface area contributed by atoms with Crippen LogP contribution >= 0.6 is 15.9 Å². The van der Waals surface area contributed by atoms with Crippen LogP contribution < -0.4 is 0 Å². The number of esters is 1. The van der Waals surface area contributed by atoms with Gasteiger partial charge >= 0.3 is 5.97 Å². The maximum absolute atomic E-state index is 11.2. The van der Waals surface area contributed by atoms with E-state index in [1.807, 2.05) is 0 Å². The number of carbonyl (C=O) groups excluding carboxylic acids is 2. The molecule has 0 saturated heterocycles. The molecule has 0 bridgehead atoms. The van der Waals surface area contributed by atoms with E-state index in [9.17, 15) is 9.59 Å². The van der Waals surface area contributed by atoms with Crippen molar-refractivity contribution in [2.24, 2.45) is 7.05 Å². The van der Waals surface area contributed by atoms with Crippen molar-refractivity contribution >= 4 is 27.7 Å². The highest BCUT2D eigenvalue weighted by atomic mass is 79.9. The Balaban J connectivity index is 3.01. The zero-order chi connectivity index (χ0) is 10.0. The number of methoxy groups -OCH3 is 1. The van der Waals surface area contributed by atoms with Gasteiger partial charge in [-0.3, -0.25) is 9.48 Å². The Bertz CT molecular complexity index is 359. The van der Waals surface area contributed by atoms with Crippen LogP contribution in [-0.4, -0.2) is 28.6 Å². The third-order valence-corrected chi connectivity index (χ3v) is 1.95. The van der Waals surface area contributed by atoms with E-state index in [1.165, 1.54) is 4.68 Å². The molecule has 0 N–H and O–H groups in total. The molecule has 0 aliphatic rings. The second-order valence-corrected chi connectivity index (χ2v) is 3.17.